The fraction of sp³-hybridized carbons (Fsp3) is 0.647. The number of ether oxygens (including phenoxy) is 2. The first-order valence-electron chi connectivity index (χ1n) is 32.4. The number of nitrogens with two attached hydrogens (primary N) is 2. The minimum atomic E-state index is -1.45. The summed E-state index contributed by atoms with van der Waals surface area (Å²) in [7, 11) is 4.71. The maximum atomic E-state index is 15.1. The Morgan fingerprint density at radius 1 is 0.800 bits per heavy atom. The van der Waals surface area contributed by atoms with Crippen LogP contribution in [0.3, 0.4) is 0 Å². The number of likely N-dealkylation sites (N-methyl/N-ethyl adjacent to an activating group) is 2. The second kappa shape index (κ2) is 35.8. The van der Waals surface area contributed by atoms with Crippen molar-refractivity contribution in [1.82, 2.24) is 35.2 Å². The van der Waals surface area contributed by atoms with Gasteiger partial charge in [-0.25, -0.2) is 14.6 Å². The van der Waals surface area contributed by atoms with Crippen LogP contribution in [0.1, 0.15) is 155 Å². The third-order valence-corrected chi connectivity index (χ3v) is 19.6. The number of thiazole rings is 1. The smallest absolute Gasteiger partial charge is 0.411 e. The molecule has 1 aromatic heterocycles. The predicted octanol–water partition coefficient (Wildman–Crippen LogP) is 8.41. The molecule has 90 heavy (non-hydrogen) atoms. The topological polar surface area (TPSA) is 286 Å². The fourth-order valence-electron chi connectivity index (χ4n) is 12.8. The molecule has 3 heterocycles. The molecule has 0 radical (unpaired) electrons. The Bertz CT molecular complexity index is 2820. The standard InChI is InChI=1S/C68H104N10O11S/c1-14-44(8)61(57(88-13)40-58(82)78-32-19-23-53(78)45(9)46(10)54(79)38-50(64-72-31-35-90-64)36-47-20-16-15-17-21-47)75(11)65(84)52(41(2)3)39-56(81)60(43(6)7)76(12)68(87)89-62(66(85)77-33-29-71-30-34-77)48-24-26-51(27-25-48)74-63(83)49(22-18-28-73-67(70)86)37-55(80)59(69)42(4)5/h15-17,20-21,24-27,31,35,41-46,49-50,52-53,57,59-62,71H,14,18-19,22-23,28-30,32-34,36-40,69H2,1-13H3,(H,74,83)(H3,70,73,86)/t44-,45+,46+,49+,50+,52-,53-,57+,59-,60-,61-,62?/m0/s1. The molecule has 2 saturated heterocycles. The van der Waals surface area contributed by atoms with Gasteiger partial charge in [-0.3, -0.25) is 33.6 Å². The minimum absolute atomic E-state index is 0.00258. The highest BCUT2D eigenvalue weighted by Crippen LogP contribution is 2.36. The highest BCUT2D eigenvalue weighted by atomic mass is 32.1. The van der Waals surface area contributed by atoms with Crippen molar-refractivity contribution < 1.29 is 52.6 Å². The molecular weight excluding hydrogens is 1160 g/mol. The van der Waals surface area contributed by atoms with Crippen LogP contribution in [-0.4, -0.2) is 168 Å². The van der Waals surface area contributed by atoms with Gasteiger partial charge in [-0.2, -0.15) is 0 Å². The first kappa shape index (κ1) is 74.1. The number of carbonyl (C=O) groups is 9. The zero-order chi connectivity index (χ0) is 66.5. The van der Waals surface area contributed by atoms with Crippen molar-refractivity contribution in [3.05, 3.63) is 82.3 Å². The SMILES string of the molecule is CC[C@H](C)[C@@H]([C@@H](CC(=O)N1CCC[C@H]1[C@H](C)[C@@H](C)C(=O)C[C@@H](Cc1ccccc1)c1nccs1)OC)N(C)C(=O)[C@@H](CC(=O)[C@H](C(C)C)N(C)C(=O)OC(C(=O)N1CCNCC1)c1ccc(NC(=O)[C@H](CCCNC(N)=O)CC(=O)[C@@H](N)C(C)C)cc1)C(C)C. The van der Waals surface area contributed by atoms with Gasteiger partial charge >= 0.3 is 12.1 Å². The van der Waals surface area contributed by atoms with Gasteiger partial charge in [0.05, 0.1) is 35.7 Å². The third kappa shape index (κ3) is 20.7. The Morgan fingerprint density at radius 2 is 1.47 bits per heavy atom. The van der Waals surface area contributed by atoms with Gasteiger partial charge < -0.3 is 56.5 Å². The number of Topliss-reactive ketones (excluding diaryl/α,β-unsaturated/α-hetero) is 3. The molecule has 2 aliphatic heterocycles. The van der Waals surface area contributed by atoms with E-state index in [1.807, 2.05) is 76.9 Å². The first-order chi connectivity index (χ1) is 42.7. The molecule has 2 fully saturated rings. The summed E-state index contributed by atoms with van der Waals surface area (Å²) in [6, 6.07) is 13.2. The van der Waals surface area contributed by atoms with Crippen molar-refractivity contribution in [3.8, 4) is 0 Å². The molecular formula is C68H104N10O11S. The number of nitrogens with zero attached hydrogens (tertiary/aromatic N) is 5. The summed E-state index contributed by atoms with van der Waals surface area (Å²) < 4.78 is 12.3. The summed E-state index contributed by atoms with van der Waals surface area (Å²) in [6.45, 7) is 21.6. The highest BCUT2D eigenvalue weighted by molar-refractivity contribution is 7.09. The van der Waals surface area contributed by atoms with Gasteiger partial charge in [0.2, 0.25) is 23.8 Å². The Kier molecular flexibility index (Phi) is 29.5. The van der Waals surface area contributed by atoms with E-state index in [2.05, 4.69) is 40.0 Å². The first-order valence-corrected chi connectivity index (χ1v) is 33.3. The summed E-state index contributed by atoms with van der Waals surface area (Å²) in [5.74, 6) is -4.97. The van der Waals surface area contributed by atoms with Gasteiger partial charge in [0.15, 0.2) is 11.6 Å². The number of likely N-dealkylation sites (tertiary alicyclic amines) is 1. The third-order valence-electron chi connectivity index (χ3n) is 18.7. The van der Waals surface area contributed by atoms with Crippen molar-refractivity contribution in [1.29, 1.82) is 0 Å². The zero-order valence-corrected chi connectivity index (χ0v) is 56.4. The summed E-state index contributed by atoms with van der Waals surface area (Å²) in [5, 5.41) is 11.5. The number of primary amides is 1. The molecule has 7 amide bonds. The van der Waals surface area contributed by atoms with E-state index in [-0.39, 0.29) is 103 Å². The van der Waals surface area contributed by atoms with Gasteiger partial charge in [0.25, 0.3) is 5.91 Å². The van der Waals surface area contributed by atoms with Crippen LogP contribution in [-0.2, 0) is 49.5 Å². The summed E-state index contributed by atoms with van der Waals surface area (Å²) >= 11 is 1.56. The monoisotopic (exact) mass is 1270 g/mol. The van der Waals surface area contributed by atoms with E-state index in [0.717, 1.165) is 23.4 Å². The fourth-order valence-corrected chi connectivity index (χ4v) is 13.5. The summed E-state index contributed by atoms with van der Waals surface area (Å²) in [4.78, 5) is 137. The molecule has 7 N–H and O–H groups in total. The Labute approximate surface area is 538 Å². The van der Waals surface area contributed by atoms with Crippen molar-refractivity contribution in [2.45, 2.75) is 176 Å². The number of benzene rings is 2. The van der Waals surface area contributed by atoms with E-state index in [4.69, 9.17) is 20.9 Å². The molecule has 0 aliphatic carbocycles. The molecule has 12 atom stereocenters. The number of hydrogen-bond acceptors (Lipinski definition) is 15. The number of aromatic nitrogens is 1. The van der Waals surface area contributed by atoms with Crippen LogP contribution in [0, 0.1) is 47.3 Å². The van der Waals surface area contributed by atoms with Crippen LogP contribution >= 0.6 is 11.3 Å². The molecule has 3 aromatic rings. The number of nitrogens with one attached hydrogen (secondary N) is 3. The van der Waals surface area contributed by atoms with Crippen LogP contribution in [0.4, 0.5) is 15.3 Å². The number of piperazine rings is 1. The van der Waals surface area contributed by atoms with Gasteiger partial charge in [-0.1, -0.05) is 118 Å². The van der Waals surface area contributed by atoms with Gasteiger partial charge in [-0.05, 0) is 79.4 Å². The molecule has 1 unspecified atom stereocenters. The van der Waals surface area contributed by atoms with Crippen molar-refractivity contribution >= 4 is 70.1 Å². The lowest BCUT2D eigenvalue weighted by atomic mass is 9.81. The number of urea groups is 1. The normalized spacial score (nSPS) is 18.1. The molecule has 5 rings (SSSR count). The average molecular weight is 1270 g/mol. The molecule has 21 nitrogen and oxygen atoms in total. The van der Waals surface area contributed by atoms with E-state index < -0.39 is 72.0 Å². The predicted molar refractivity (Wildman–Crippen MR) is 350 cm³/mol. The van der Waals surface area contributed by atoms with Crippen LogP contribution in [0.5, 0.6) is 0 Å². The van der Waals surface area contributed by atoms with E-state index in [1.54, 1.807) is 79.6 Å². The minimum Gasteiger partial charge on any atom is -0.431 e. The number of methoxy groups -OCH3 is 1. The number of ketones is 3. The van der Waals surface area contributed by atoms with Crippen molar-refractivity contribution in [2.24, 2.45) is 58.8 Å². The van der Waals surface area contributed by atoms with Crippen molar-refractivity contribution in [2.75, 3.05) is 65.8 Å². The molecule has 2 aromatic carbocycles. The van der Waals surface area contributed by atoms with E-state index in [1.165, 1.54) is 11.9 Å². The molecule has 2 aliphatic rings. The Balaban J connectivity index is 1.29. The average Bonchev–Trinajstić information content (AvgIpc) is 3.62. The van der Waals surface area contributed by atoms with Gasteiger partial charge in [0.1, 0.15) is 5.78 Å². The summed E-state index contributed by atoms with van der Waals surface area (Å²) in [5.41, 5.74) is 13.2. The molecule has 0 bridgehead atoms. The van der Waals surface area contributed by atoms with Gasteiger partial charge in [0, 0.05) is 132 Å². The number of carbonyl (C=O) groups excluding carboxylic acids is 9. The van der Waals surface area contributed by atoms with Crippen molar-refractivity contribution in [3.63, 3.8) is 0 Å². The maximum Gasteiger partial charge on any atom is 0.411 e. The quantitative estimate of drug-likeness (QED) is 0.0346. The summed E-state index contributed by atoms with van der Waals surface area (Å²) in [6.07, 6.45) is 2.26. The number of anilines is 1. The molecule has 498 valence electrons. The lowest BCUT2D eigenvalue weighted by Crippen LogP contribution is -2.54. The van der Waals surface area contributed by atoms with E-state index in [9.17, 15) is 38.4 Å². The number of amides is 7. The molecule has 0 saturated carbocycles. The van der Waals surface area contributed by atoms with Crippen LogP contribution in [0.25, 0.3) is 0 Å². The lowest BCUT2D eigenvalue weighted by molar-refractivity contribution is -0.148. The molecule has 22 heteroatoms. The van der Waals surface area contributed by atoms with Crippen LogP contribution < -0.4 is 27.4 Å². The van der Waals surface area contributed by atoms with E-state index in [0.29, 0.717) is 69.7 Å². The maximum absolute atomic E-state index is 15.1. The molecule has 0 spiro atoms. The van der Waals surface area contributed by atoms with E-state index >= 15 is 4.79 Å². The second-order valence-corrected chi connectivity index (χ2v) is 26.9. The highest BCUT2D eigenvalue weighted by Gasteiger charge is 2.44. The van der Waals surface area contributed by atoms with Gasteiger partial charge in [-0.15, -0.1) is 11.3 Å². The lowest BCUT2D eigenvalue weighted by Gasteiger charge is -2.41. The Hall–Kier alpha value is -6.62. The number of rotatable bonds is 35. The largest absolute Gasteiger partial charge is 0.431 e. The van der Waals surface area contributed by atoms with Crippen LogP contribution in [0.15, 0.2) is 66.2 Å². The number of hydrogen-bond donors (Lipinski definition) is 5. The zero-order valence-electron chi connectivity index (χ0n) is 55.6. The Morgan fingerprint density at radius 3 is 2.04 bits per heavy atom. The van der Waals surface area contributed by atoms with Crippen LogP contribution in [0.2, 0.25) is 0 Å². The second-order valence-electron chi connectivity index (χ2n) is 26.0.